The Morgan fingerprint density at radius 2 is 2.15 bits per heavy atom. The first kappa shape index (κ1) is 12.9. The van der Waals surface area contributed by atoms with Crippen LogP contribution in [0.1, 0.15) is 25.0 Å². The lowest BCUT2D eigenvalue weighted by atomic mass is 10.1. The van der Waals surface area contributed by atoms with E-state index in [1.165, 1.54) is 0 Å². The molecule has 1 aromatic carbocycles. The average molecular weight is 270 g/mol. The number of nitrogens with one attached hydrogen (secondary N) is 1. The molecule has 0 radical (unpaired) electrons. The fourth-order valence-electron chi connectivity index (χ4n) is 2.98. The Morgan fingerprint density at radius 1 is 1.35 bits per heavy atom. The minimum absolute atomic E-state index is 0.207. The number of para-hydroxylation sites is 1. The summed E-state index contributed by atoms with van der Waals surface area (Å²) < 4.78 is 0. The lowest BCUT2D eigenvalue weighted by Crippen LogP contribution is -2.18. The van der Waals surface area contributed by atoms with Crippen LogP contribution >= 0.6 is 0 Å². The molecule has 4 heteroatoms. The summed E-state index contributed by atoms with van der Waals surface area (Å²) in [6, 6.07) is 10.3. The molecule has 2 N–H and O–H groups in total. The van der Waals surface area contributed by atoms with Crippen molar-refractivity contribution in [1.29, 1.82) is 0 Å². The molecule has 1 saturated carbocycles. The third-order valence-corrected chi connectivity index (χ3v) is 3.99. The predicted octanol–water partition coefficient (Wildman–Crippen LogP) is 3.21. The number of hydrogen-bond donors (Lipinski definition) is 2. The summed E-state index contributed by atoms with van der Waals surface area (Å²) in [5.74, 6) is -0.883. The van der Waals surface area contributed by atoms with Crippen molar-refractivity contribution in [1.82, 2.24) is 4.98 Å². The molecular weight excluding hydrogens is 252 g/mol. The van der Waals surface area contributed by atoms with E-state index in [1.807, 2.05) is 37.3 Å². The highest BCUT2D eigenvalue weighted by molar-refractivity contribution is 5.91. The number of nitrogens with zero attached hydrogens (tertiary/aromatic N) is 1. The fraction of sp³-hybridized carbons (Fsp3) is 0.375. The van der Waals surface area contributed by atoms with Crippen molar-refractivity contribution in [2.24, 2.45) is 5.92 Å². The molecule has 4 nitrogen and oxygen atoms in total. The first-order chi connectivity index (χ1) is 9.63. The standard InChI is InChI=1S/C16H18N2O2/c1-10-8-15(13-4-2-3-5-14(13)17-10)18-12-7-6-11(9-12)16(19)20/h2-5,8,11-12H,6-7,9H2,1H3,(H,17,18)(H,19,20). The number of pyridine rings is 1. The first-order valence-corrected chi connectivity index (χ1v) is 6.99. The number of fused-ring (bicyclic) bond motifs is 1. The topological polar surface area (TPSA) is 62.2 Å². The van der Waals surface area contributed by atoms with Crippen LogP contribution in [-0.2, 0) is 4.79 Å². The molecule has 104 valence electrons. The molecule has 20 heavy (non-hydrogen) atoms. The van der Waals surface area contributed by atoms with Gasteiger partial charge in [0.05, 0.1) is 11.4 Å². The molecular formula is C16H18N2O2. The van der Waals surface area contributed by atoms with Gasteiger partial charge in [0.25, 0.3) is 0 Å². The lowest BCUT2D eigenvalue weighted by molar-refractivity contribution is -0.141. The van der Waals surface area contributed by atoms with Gasteiger partial charge in [-0.2, -0.15) is 0 Å². The van der Waals surface area contributed by atoms with Crippen LogP contribution < -0.4 is 5.32 Å². The van der Waals surface area contributed by atoms with E-state index in [4.69, 9.17) is 5.11 Å². The number of aliphatic carboxylic acids is 1. The highest BCUT2D eigenvalue weighted by atomic mass is 16.4. The van der Waals surface area contributed by atoms with Gasteiger partial charge < -0.3 is 10.4 Å². The quantitative estimate of drug-likeness (QED) is 0.899. The summed E-state index contributed by atoms with van der Waals surface area (Å²) in [5.41, 5.74) is 3.01. The molecule has 2 aromatic rings. The Kier molecular flexibility index (Phi) is 3.30. The minimum atomic E-state index is -0.676. The Bertz CT molecular complexity index is 654. The second-order valence-electron chi connectivity index (χ2n) is 5.52. The SMILES string of the molecule is Cc1cc(NC2CCC(C(=O)O)C2)c2ccccc2n1. The van der Waals surface area contributed by atoms with Gasteiger partial charge in [-0.25, -0.2) is 0 Å². The van der Waals surface area contributed by atoms with Gasteiger partial charge in [-0.05, 0) is 38.3 Å². The van der Waals surface area contributed by atoms with Crippen molar-refractivity contribution in [2.75, 3.05) is 5.32 Å². The third-order valence-electron chi connectivity index (χ3n) is 3.99. The Labute approximate surface area is 117 Å². The fourth-order valence-corrected chi connectivity index (χ4v) is 2.98. The predicted molar refractivity (Wildman–Crippen MR) is 78.9 cm³/mol. The van der Waals surface area contributed by atoms with Gasteiger partial charge in [-0.3, -0.25) is 9.78 Å². The maximum atomic E-state index is 11.0. The van der Waals surface area contributed by atoms with Gasteiger partial charge in [0.1, 0.15) is 0 Å². The molecule has 3 rings (SSSR count). The van der Waals surface area contributed by atoms with Crippen molar-refractivity contribution in [3.8, 4) is 0 Å². The molecule has 1 aliphatic rings. The van der Waals surface area contributed by atoms with Crippen LogP contribution in [0.3, 0.4) is 0 Å². The van der Waals surface area contributed by atoms with Gasteiger partial charge >= 0.3 is 5.97 Å². The van der Waals surface area contributed by atoms with Crippen molar-refractivity contribution >= 4 is 22.6 Å². The van der Waals surface area contributed by atoms with E-state index in [-0.39, 0.29) is 12.0 Å². The molecule has 0 amide bonds. The first-order valence-electron chi connectivity index (χ1n) is 6.99. The summed E-state index contributed by atoms with van der Waals surface area (Å²) in [6.07, 6.45) is 2.37. The summed E-state index contributed by atoms with van der Waals surface area (Å²) in [5, 5.41) is 13.7. The van der Waals surface area contributed by atoms with Crippen molar-refractivity contribution in [3.05, 3.63) is 36.0 Å². The van der Waals surface area contributed by atoms with Crippen molar-refractivity contribution < 1.29 is 9.90 Å². The number of hydrogen-bond acceptors (Lipinski definition) is 3. The van der Waals surface area contributed by atoms with Gasteiger partial charge in [0.2, 0.25) is 0 Å². The molecule has 0 spiro atoms. The molecule has 0 bridgehead atoms. The summed E-state index contributed by atoms with van der Waals surface area (Å²) in [6.45, 7) is 1.98. The van der Waals surface area contributed by atoms with Gasteiger partial charge in [0, 0.05) is 22.8 Å². The number of anilines is 1. The second-order valence-corrected chi connectivity index (χ2v) is 5.52. The van der Waals surface area contributed by atoms with Crippen LogP contribution in [0.5, 0.6) is 0 Å². The number of carbonyl (C=O) groups is 1. The molecule has 1 aromatic heterocycles. The third kappa shape index (κ3) is 2.46. The minimum Gasteiger partial charge on any atom is -0.481 e. The summed E-state index contributed by atoms with van der Waals surface area (Å²) in [7, 11) is 0. The highest BCUT2D eigenvalue weighted by Gasteiger charge is 2.29. The molecule has 2 unspecified atom stereocenters. The van der Waals surface area contributed by atoms with Gasteiger partial charge in [0.15, 0.2) is 0 Å². The van der Waals surface area contributed by atoms with Gasteiger partial charge in [-0.15, -0.1) is 0 Å². The number of aryl methyl sites for hydroxylation is 1. The van der Waals surface area contributed by atoms with Crippen LogP contribution in [0.15, 0.2) is 30.3 Å². The van der Waals surface area contributed by atoms with Crippen LogP contribution in [0.2, 0.25) is 0 Å². The summed E-state index contributed by atoms with van der Waals surface area (Å²) >= 11 is 0. The molecule has 1 aliphatic carbocycles. The average Bonchev–Trinajstić information content (AvgIpc) is 2.87. The zero-order valence-corrected chi connectivity index (χ0v) is 11.5. The maximum absolute atomic E-state index is 11.0. The molecule has 1 heterocycles. The molecule has 0 aliphatic heterocycles. The van der Waals surface area contributed by atoms with Crippen LogP contribution in [0, 0.1) is 12.8 Å². The van der Waals surface area contributed by atoms with E-state index in [2.05, 4.69) is 10.3 Å². The molecule has 1 fully saturated rings. The highest BCUT2D eigenvalue weighted by Crippen LogP contribution is 2.31. The van der Waals surface area contributed by atoms with Crippen LogP contribution in [0.4, 0.5) is 5.69 Å². The maximum Gasteiger partial charge on any atom is 0.306 e. The smallest absolute Gasteiger partial charge is 0.306 e. The largest absolute Gasteiger partial charge is 0.481 e. The number of carboxylic acids is 1. The van der Waals surface area contributed by atoms with E-state index in [0.29, 0.717) is 6.42 Å². The number of carboxylic acid groups (broad SMARTS) is 1. The second kappa shape index (κ2) is 5.12. The number of rotatable bonds is 3. The van der Waals surface area contributed by atoms with E-state index >= 15 is 0 Å². The molecule has 2 atom stereocenters. The zero-order chi connectivity index (χ0) is 14.1. The van der Waals surface area contributed by atoms with E-state index in [0.717, 1.165) is 35.1 Å². The number of aromatic nitrogens is 1. The van der Waals surface area contributed by atoms with Crippen LogP contribution in [0.25, 0.3) is 10.9 Å². The zero-order valence-electron chi connectivity index (χ0n) is 11.5. The normalized spacial score (nSPS) is 22.1. The lowest BCUT2D eigenvalue weighted by Gasteiger charge is -2.16. The van der Waals surface area contributed by atoms with Crippen LogP contribution in [-0.4, -0.2) is 22.1 Å². The Morgan fingerprint density at radius 3 is 2.90 bits per heavy atom. The van der Waals surface area contributed by atoms with Gasteiger partial charge in [-0.1, -0.05) is 18.2 Å². The number of benzene rings is 1. The molecule has 0 saturated heterocycles. The Balaban J connectivity index is 1.86. The van der Waals surface area contributed by atoms with Crippen molar-refractivity contribution in [3.63, 3.8) is 0 Å². The Hall–Kier alpha value is -2.10. The summed E-state index contributed by atoms with van der Waals surface area (Å²) in [4.78, 5) is 15.5. The van der Waals surface area contributed by atoms with E-state index < -0.39 is 5.97 Å². The van der Waals surface area contributed by atoms with Crippen molar-refractivity contribution in [2.45, 2.75) is 32.2 Å². The van der Waals surface area contributed by atoms with E-state index in [9.17, 15) is 4.79 Å². The van der Waals surface area contributed by atoms with E-state index in [1.54, 1.807) is 0 Å². The monoisotopic (exact) mass is 270 g/mol.